The minimum atomic E-state index is -4.66. The second-order valence-corrected chi connectivity index (χ2v) is 6.62. The van der Waals surface area contributed by atoms with Gasteiger partial charge in [0.1, 0.15) is 17.1 Å². The van der Waals surface area contributed by atoms with Crippen LogP contribution in [-0.4, -0.2) is 15.2 Å². The lowest BCUT2D eigenvalue weighted by molar-refractivity contribution is -0.139. The van der Waals surface area contributed by atoms with E-state index in [0.29, 0.717) is 11.8 Å². The molecule has 0 bridgehead atoms. The van der Waals surface area contributed by atoms with Crippen LogP contribution in [0.1, 0.15) is 11.1 Å². The SMILES string of the molecule is FC(F)(F)c1cccc(Nc2nnc(-c3cccc(Oc4ccncc4C(F)(F)F)c3)o2)c1. The highest BCUT2D eigenvalue weighted by atomic mass is 19.4. The normalized spacial score (nSPS) is 11.9. The zero-order chi connectivity index (χ0) is 23.6. The van der Waals surface area contributed by atoms with Crippen molar-refractivity contribution in [3.05, 3.63) is 78.1 Å². The molecule has 12 heteroatoms. The molecular weight excluding hydrogens is 454 g/mol. The molecule has 0 unspecified atom stereocenters. The number of benzene rings is 2. The summed E-state index contributed by atoms with van der Waals surface area (Å²) in [7, 11) is 0. The van der Waals surface area contributed by atoms with Gasteiger partial charge in [0.25, 0.3) is 0 Å². The Balaban J connectivity index is 1.54. The van der Waals surface area contributed by atoms with Crippen LogP contribution in [0.5, 0.6) is 11.5 Å². The molecule has 0 amide bonds. The molecule has 4 rings (SSSR count). The van der Waals surface area contributed by atoms with Crippen molar-refractivity contribution in [1.82, 2.24) is 15.2 Å². The summed E-state index contributed by atoms with van der Waals surface area (Å²) in [5.74, 6) is -0.400. The quantitative estimate of drug-likeness (QED) is 0.330. The number of pyridine rings is 1. The first kappa shape index (κ1) is 22.1. The molecule has 0 atom stereocenters. The zero-order valence-electron chi connectivity index (χ0n) is 16.3. The topological polar surface area (TPSA) is 73.1 Å². The van der Waals surface area contributed by atoms with E-state index in [0.717, 1.165) is 24.4 Å². The van der Waals surface area contributed by atoms with Gasteiger partial charge >= 0.3 is 18.4 Å². The summed E-state index contributed by atoms with van der Waals surface area (Å²) >= 11 is 0. The van der Waals surface area contributed by atoms with Crippen molar-refractivity contribution < 1.29 is 35.5 Å². The number of alkyl halides is 6. The largest absolute Gasteiger partial charge is 0.457 e. The number of rotatable bonds is 5. The van der Waals surface area contributed by atoms with Crippen LogP contribution in [-0.2, 0) is 12.4 Å². The fraction of sp³-hybridized carbons (Fsp3) is 0.0952. The highest BCUT2D eigenvalue weighted by Gasteiger charge is 2.35. The van der Waals surface area contributed by atoms with Crippen LogP contribution in [0.4, 0.5) is 38.0 Å². The number of anilines is 2. The van der Waals surface area contributed by atoms with Gasteiger partial charge in [-0.15, -0.1) is 5.10 Å². The van der Waals surface area contributed by atoms with Gasteiger partial charge < -0.3 is 14.5 Å². The molecule has 0 saturated carbocycles. The minimum Gasteiger partial charge on any atom is -0.457 e. The van der Waals surface area contributed by atoms with Gasteiger partial charge in [0, 0.05) is 23.6 Å². The first-order valence-electron chi connectivity index (χ1n) is 9.17. The second kappa shape index (κ2) is 8.45. The maximum Gasteiger partial charge on any atom is 0.421 e. The minimum absolute atomic E-state index is 0.0271. The molecule has 0 radical (unpaired) electrons. The molecule has 4 aromatic rings. The Kier molecular flexibility index (Phi) is 5.66. The van der Waals surface area contributed by atoms with Gasteiger partial charge in [-0.2, -0.15) is 26.3 Å². The summed E-state index contributed by atoms with van der Waals surface area (Å²) in [5, 5.41) is 10.1. The average Bonchev–Trinajstić information content (AvgIpc) is 3.22. The zero-order valence-corrected chi connectivity index (χ0v) is 16.3. The first-order chi connectivity index (χ1) is 15.6. The summed E-state index contributed by atoms with van der Waals surface area (Å²) in [6, 6.07) is 11.2. The molecule has 0 aliphatic heterocycles. The van der Waals surface area contributed by atoms with Gasteiger partial charge in [0.2, 0.25) is 5.89 Å². The van der Waals surface area contributed by atoms with Crippen LogP contribution in [0.15, 0.2) is 71.4 Å². The standard InChI is InChI=1S/C21H12F6N4O2/c22-20(23,24)13-4-2-5-14(10-13)29-19-31-30-18(33-19)12-3-1-6-15(9-12)32-17-7-8-28-11-16(17)21(25,26)27/h1-11H,(H,29,31). The highest BCUT2D eigenvalue weighted by molar-refractivity contribution is 5.59. The summed E-state index contributed by atoms with van der Waals surface area (Å²) in [5.41, 5.74) is -1.50. The molecule has 170 valence electrons. The van der Waals surface area contributed by atoms with Crippen molar-refractivity contribution in [3.8, 4) is 23.0 Å². The molecule has 33 heavy (non-hydrogen) atoms. The van der Waals surface area contributed by atoms with Gasteiger partial charge in [-0.25, -0.2) is 0 Å². The Morgan fingerprint density at radius 2 is 1.64 bits per heavy atom. The summed E-state index contributed by atoms with van der Waals surface area (Å²) in [4.78, 5) is 3.47. The number of halogens is 6. The lowest BCUT2D eigenvalue weighted by atomic mass is 10.2. The smallest absolute Gasteiger partial charge is 0.421 e. The number of nitrogens with zero attached hydrogens (tertiary/aromatic N) is 3. The predicted molar refractivity (Wildman–Crippen MR) is 104 cm³/mol. The summed E-state index contributed by atoms with van der Waals surface area (Å²) in [6.45, 7) is 0. The van der Waals surface area contributed by atoms with Crippen molar-refractivity contribution in [2.45, 2.75) is 12.4 Å². The molecule has 0 fully saturated rings. The molecule has 0 aliphatic carbocycles. The molecule has 1 N–H and O–H groups in total. The third-order valence-electron chi connectivity index (χ3n) is 4.26. The molecule has 0 aliphatic rings. The van der Waals surface area contributed by atoms with E-state index in [1.165, 1.54) is 30.3 Å². The van der Waals surface area contributed by atoms with E-state index in [1.54, 1.807) is 6.07 Å². The van der Waals surface area contributed by atoms with Crippen molar-refractivity contribution >= 4 is 11.7 Å². The lowest BCUT2D eigenvalue weighted by Crippen LogP contribution is -2.07. The Bertz CT molecular complexity index is 1270. The van der Waals surface area contributed by atoms with E-state index >= 15 is 0 Å². The predicted octanol–water partition coefficient (Wildman–Crippen LogP) is 6.71. The van der Waals surface area contributed by atoms with Gasteiger partial charge in [0.05, 0.1) is 5.56 Å². The number of hydrogen-bond donors (Lipinski definition) is 1. The monoisotopic (exact) mass is 466 g/mol. The Morgan fingerprint density at radius 1 is 0.848 bits per heavy atom. The number of ether oxygens (including phenoxy) is 1. The number of aromatic nitrogens is 3. The maximum atomic E-state index is 13.1. The average molecular weight is 466 g/mol. The van der Waals surface area contributed by atoms with E-state index < -0.39 is 29.2 Å². The van der Waals surface area contributed by atoms with Crippen molar-refractivity contribution in [3.63, 3.8) is 0 Å². The molecule has 0 spiro atoms. The number of nitrogens with one attached hydrogen (secondary N) is 1. The highest BCUT2D eigenvalue weighted by Crippen LogP contribution is 2.38. The van der Waals surface area contributed by atoms with Crippen molar-refractivity contribution in [1.29, 1.82) is 0 Å². The van der Waals surface area contributed by atoms with Gasteiger partial charge in [0.15, 0.2) is 0 Å². The fourth-order valence-electron chi connectivity index (χ4n) is 2.79. The summed E-state index contributed by atoms with van der Waals surface area (Å²) in [6.07, 6.45) is -7.35. The van der Waals surface area contributed by atoms with Gasteiger partial charge in [-0.05, 0) is 42.5 Å². The number of hydrogen-bond acceptors (Lipinski definition) is 6. The third kappa shape index (κ3) is 5.22. The fourth-order valence-corrected chi connectivity index (χ4v) is 2.79. The van der Waals surface area contributed by atoms with E-state index in [-0.39, 0.29) is 23.3 Å². The van der Waals surface area contributed by atoms with Crippen molar-refractivity contribution in [2.75, 3.05) is 5.32 Å². The van der Waals surface area contributed by atoms with Crippen LogP contribution in [0.25, 0.3) is 11.5 Å². The third-order valence-corrected chi connectivity index (χ3v) is 4.26. The molecule has 6 nitrogen and oxygen atoms in total. The lowest BCUT2D eigenvalue weighted by Gasteiger charge is -2.13. The van der Waals surface area contributed by atoms with Crippen molar-refractivity contribution in [2.24, 2.45) is 0 Å². The first-order valence-corrected chi connectivity index (χ1v) is 9.17. The molecule has 2 aromatic carbocycles. The Labute approximate surface area is 181 Å². The maximum absolute atomic E-state index is 13.1. The van der Waals surface area contributed by atoms with Gasteiger partial charge in [-0.3, -0.25) is 4.98 Å². The van der Waals surface area contributed by atoms with Crippen LogP contribution in [0, 0.1) is 0 Å². The Hall–Kier alpha value is -4.09. The van der Waals surface area contributed by atoms with Crippen LogP contribution >= 0.6 is 0 Å². The summed E-state index contributed by atoms with van der Waals surface area (Å²) < 4.78 is 88.8. The Morgan fingerprint density at radius 3 is 2.39 bits per heavy atom. The van der Waals surface area contributed by atoms with Crippen LogP contribution in [0.2, 0.25) is 0 Å². The van der Waals surface area contributed by atoms with E-state index in [4.69, 9.17) is 9.15 Å². The van der Waals surface area contributed by atoms with Gasteiger partial charge in [-0.1, -0.05) is 17.2 Å². The molecule has 2 aromatic heterocycles. The van der Waals surface area contributed by atoms with E-state index in [1.807, 2.05) is 0 Å². The molecule has 0 saturated heterocycles. The van der Waals surface area contributed by atoms with E-state index in [2.05, 4.69) is 20.5 Å². The van der Waals surface area contributed by atoms with E-state index in [9.17, 15) is 26.3 Å². The molecule has 2 heterocycles. The molecular formula is C21H12F6N4O2. The second-order valence-electron chi connectivity index (χ2n) is 6.62. The van der Waals surface area contributed by atoms with Crippen LogP contribution in [0.3, 0.4) is 0 Å². The van der Waals surface area contributed by atoms with Crippen LogP contribution < -0.4 is 10.1 Å².